The molecule has 38 heavy (non-hydrogen) atoms. The van der Waals surface area contributed by atoms with Gasteiger partial charge in [0.15, 0.2) is 0 Å². The van der Waals surface area contributed by atoms with E-state index >= 15 is 0 Å². The summed E-state index contributed by atoms with van der Waals surface area (Å²) in [6, 6.07) is 25.3. The molecular formula is C31H38ClN5S. The number of aromatic nitrogens is 2. The topological polar surface area (TPSA) is 53.1 Å². The van der Waals surface area contributed by atoms with Gasteiger partial charge in [-0.05, 0) is 86.2 Å². The molecule has 1 saturated carbocycles. The first-order chi connectivity index (χ1) is 18.0. The van der Waals surface area contributed by atoms with Crippen molar-refractivity contribution in [3.63, 3.8) is 0 Å². The fraction of sp³-hybridized carbons (Fsp3) is 0.355. The Morgan fingerprint density at radius 3 is 2.37 bits per heavy atom. The predicted molar refractivity (Wildman–Crippen MR) is 164 cm³/mol. The molecule has 1 fully saturated rings. The minimum absolute atomic E-state index is 0. The summed E-state index contributed by atoms with van der Waals surface area (Å²) < 4.78 is 0. The lowest BCUT2D eigenvalue weighted by Crippen LogP contribution is -2.31. The van der Waals surface area contributed by atoms with E-state index in [1.54, 1.807) is 11.8 Å². The number of hydrogen-bond donors (Lipinski definition) is 2. The van der Waals surface area contributed by atoms with Gasteiger partial charge in [0.1, 0.15) is 5.82 Å². The Labute approximate surface area is 236 Å². The maximum Gasteiger partial charge on any atom is 0.225 e. The largest absolute Gasteiger partial charge is 0.362 e. The van der Waals surface area contributed by atoms with E-state index in [0.717, 1.165) is 53.6 Å². The minimum atomic E-state index is 0. The summed E-state index contributed by atoms with van der Waals surface area (Å²) in [5.74, 6) is 2.39. The second kappa shape index (κ2) is 13.3. The van der Waals surface area contributed by atoms with Crippen molar-refractivity contribution in [1.82, 2.24) is 15.3 Å². The number of nitrogens with one attached hydrogen (secondary N) is 2. The Balaban J connectivity index is 0.00000336. The zero-order valence-electron chi connectivity index (χ0n) is 21.5. The second-order valence-corrected chi connectivity index (χ2v) is 11.5. The number of para-hydroxylation sites is 1. The highest BCUT2D eigenvalue weighted by atomic mass is 35.5. The van der Waals surface area contributed by atoms with Crippen LogP contribution in [-0.2, 0) is 6.54 Å². The zero-order valence-corrected chi connectivity index (χ0v) is 23.0. The van der Waals surface area contributed by atoms with Gasteiger partial charge in [-0.1, -0.05) is 61.1 Å². The van der Waals surface area contributed by atoms with Crippen LogP contribution in [0.4, 0.5) is 11.8 Å². The Morgan fingerprint density at radius 1 is 0.895 bits per heavy atom. The highest BCUT2D eigenvalue weighted by Crippen LogP contribution is 2.32. The van der Waals surface area contributed by atoms with Gasteiger partial charge < -0.3 is 15.5 Å². The minimum Gasteiger partial charge on any atom is -0.362 e. The Hall–Kier alpha value is -2.80. The average molecular weight is 548 g/mol. The molecule has 5 nitrogen and oxygen atoms in total. The fourth-order valence-electron chi connectivity index (χ4n) is 4.95. The van der Waals surface area contributed by atoms with Gasteiger partial charge in [0, 0.05) is 46.9 Å². The monoisotopic (exact) mass is 547 g/mol. The number of hydrogen-bond acceptors (Lipinski definition) is 6. The van der Waals surface area contributed by atoms with Crippen LogP contribution in [0.1, 0.15) is 38.7 Å². The first-order valence-corrected chi connectivity index (χ1v) is 14.2. The van der Waals surface area contributed by atoms with Gasteiger partial charge in [-0.2, -0.15) is 4.98 Å². The van der Waals surface area contributed by atoms with Crippen LogP contribution in [0.5, 0.6) is 0 Å². The van der Waals surface area contributed by atoms with Crippen molar-refractivity contribution in [2.45, 2.75) is 55.5 Å². The van der Waals surface area contributed by atoms with Crippen LogP contribution >= 0.6 is 23.4 Å². The lowest BCUT2D eigenvalue weighted by Gasteiger charge is -2.29. The van der Waals surface area contributed by atoms with E-state index in [9.17, 15) is 0 Å². The molecule has 1 aliphatic rings. The first-order valence-electron chi connectivity index (χ1n) is 13.0. The summed E-state index contributed by atoms with van der Waals surface area (Å²) in [4.78, 5) is 14.2. The van der Waals surface area contributed by atoms with E-state index < -0.39 is 0 Å². The highest BCUT2D eigenvalue weighted by Gasteiger charge is 2.22. The van der Waals surface area contributed by atoms with Crippen molar-refractivity contribution < 1.29 is 0 Å². The molecule has 200 valence electrons. The molecular weight excluding hydrogens is 510 g/mol. The van der Waals surface area contributed by atoms with Crippen molar-refractivity contribution >= 4 is 46.0 Å². The van der Waals surface area contributed by atoms with Gasteiger partial charge >= 0.3 is 0 Å². The third kappa shape index (κ3) is 7.19. The van der Waals surface area contributed by atoms with Crippen LogP contribution in [0.2, 0.25) is 5.02 Å². The zero-order chi connectivity index (χ0) is 25.6. The SMILES string of the molecule is C.CN(C)c1nc(NC2CCC(CNCc3ccccc3Sc3ccc(Cl)cc3)CC2)nc2ccccc12. The van der Waals surface area contributed by atoms with Crippen molar-refractivity contribution in [1.29, 1.82) is 0 Å². The molecule has 0 unspecified atom stereocenters. The van der Waals surface area contributed by atoms with Crippen LogP contribution in [0.3, 0.4) is 0 Å². The summed E-state index contributed by atoms with van der Waals surface area (Å²) in [6.45, 7) is 1.93. The molecule has 0 aliphatic heterocycles. The third-order valence-electron chi connectivity index (χ3n) is 6.95. The lowest BCUT2D eigenvalue weighted by molar-refractivity contribution is 0.323. The van der Waals surface area contributed by atoms with Crippen LogP contribution in [0, 0.1) is 5.92 Å². The predicted octanol–water partition coefficient (Wildman–Crippen LogP) is 7.90. The average Bonchev–Trinajstić information content (AvgIpc) is 2.91. The van der Waals surface area contributed by atoms with Crippen LogP contribution in [0.25, 0.3) is 10.9 Å². The van der Waals surface area contributed by atoms with Crippen molar-refractivity contribution in [2.24, 2.45) is 5.92 Å². The Morgan fingerprint density at radius 2 is 1.61 bits per heavy atom. The van der Waals surface area contributed by atoms with E-state index in [4.69, 9.17) is 21.6 Å². The standard InChI is InChI=1S/C30H34ClN5S.CH4/c1-36(2)29-26-8-4-5-9-27(26)34-30(35-29)33-24-15-11-21(12-16-24)19-32-20-22-7-3-6-10-28(22)37-25-17-13-23(31)14-18-25;/h3-10,13-14,17-18,21,24,32H,11-12,15-16,19-20H2,1-2H3,(H,33,34,35);1H4. The fourth-order valence-corrected chi connectivity index (χ4v) is 6.02. The molecule has 0 amide bonds. The Bertz CT molecular complexity index is 1320. The van der Waals surface area contributed by atoms with E-state index in [-0.39, 0.29) is 7.43 Å². The molecule has 0 saturated heterocycles. The van der Waals surface area contributed by atoms with Crippen molar-refractivity contribution in [2.75, 3.05) is 30.9 Å². The normalized spacial score (nSPS) is 17.1. The molecule has 0 spiro atoms. The number of nitrogens with zero attached hydrogens (tertiary/aromatic N) is 3. The van der Waals surface area contributed by atoms with Gasteiger partial charge in [0.25, 0.3) is 0 Å². The number of rotatable bonds is 9. The summed E-state index contributed by atoms with van der Waals surface area (Å²) in [5, 5.41) is 9.21. The van der Waals surface area contributed by atoms with E-state index in [1.165, 1.54) is 28.2 Å². The molecule has 1 heterocycles. The molecule has 7 heteroatoms. The van der Waals surface area contributed by atoms with E-state index in [0.29, 0.717) is 12.0 Å². The highest BCUT2D eigenvalue weighted by molar-refractivity contribution is 7.99. The van der Waals surface area contributed by atoms with Gasteiger partial charge in [-0.3, -0.25) is 0 Å². The summed E-state index contributed by atoms with van der Waals surface area (Å²) in [5.41, 5.74) is 2.32. The first kappa shape index (κ1) is 28.2. The van der Waals surface area contributed by atoms with E-state index in [2.05, 4.69) is 64.1 Å². The van der Waals surface area contributed by atoms with Crippen molar-refractivity contribution in [3.05, 3.63) is 83.4 Å². The molecule has 0 atom stereocenters. The van der Waals surface area contributed by atoms with Gasteiger partial charge in [0.2, 0.25) is 5.95 Å². The lowest BCUT2D eigenvalue weighted by atomic mass is 9.86. The summed E-state index contributed by atoms with van der Waals surface area (Å²) in [6.07, 6.45) is 4.70. The molecule has 0 radical (unpaired) electrons. The number of anilines is 2. The summed E-state index contributed by atoms with van der Waals surface area (Å²) >= 11 is 7.84. The number of halogens is 1. The molecule has 0 bridgehead atoms. The molecule has 1 aliphatic carbocycles. The Kier molecular flexibility index (Phi) is 9.89. The van der Waals surface area contributed by atoms with Gasteiger partial charge in [0.05, 0.1) is 5.52 Å². The van der Waals surface area contributed by atoms with Crippen LogP contribution in [-0.4, -0.2) is 36.6 Å². The van der Waals surface area contributed by atoms with Crippen LogP contribution in [0.15, 0.2) is 82.6 Å². The molecule has 2 N–H and O–H groups in total. The van der Waals surface area contributed by atoms with Crippen LogP contribution < -0.4 is 15.5 Å². The second-order valence-electron chi connectivity index (χ2n) is 9.94. The molecule has 5 rings (SSSR count). The summed E-state index contributed by atoms with van der Waals surface area (Å²) in [7, 11) is 4.07. The number of benzene rings is 3. The van der Waals surface area contributed by atoms with Crippen molar-refractivity contribution in [3.8, 4) is 0 Å². The molecule has 3 aromatic carbocycles. The smallest absolute Gasteiger partial charge is 0.225 e. The van der Waals surface area contributed by atoms with E-state index in [1.807, 2.05) is 38.4 Å². The molecule has 4 aromatic rings. The maximum absolute atomic E-state index is 6.05. The maximum atomic E-state index is 6.05. The third-order valence-corrected chi connectivity index (χ3v) is 8.33. The number of fused-ring (bicyclic) bond motifs is 1. The molecule has 1 aromatic heterocycles. The van der Waals surface area contributed by atoms with Gasteiger partial charge in [-0.15, -0.1) is 0 Å². The quantitative estimate of drug-likeness (QED) is 0.222. The van der Waals surface area contributed by atoms with Gasteiger partial charge in [-0.25, -0.2) is 4.98 Å².